The molecule has 9 nitrogen and oxygen atoms in total. The van der Waals surface area contributed by atoms with E-state index < -0.39 is 23.9 Å². The molecule has 0 radical (unpaired) electrons. The minimum Gasteiger partial charge on any atom is -0.481 e. The van der Waals surface area contributed by atoms with Crippen LogP contribution in [0.25, 0.3) is 0 Å². The maximum atomic E-state index is 13.5. The van der Waals surface area contributed by atoms with E-state index in [2.05, 4.69) is 15.6 Å². The zero-order chi connectivity index (χ0) is 26.4. The molecule has 0 bridgehead atoms. The topological polar surface area (TPSA) is 138 Å². The van der Waals surface area contributed by atoms with Gasteiger partial charge in [0.15, 0.2) is 0 Å². The van der Waals surface area contributed by atoms with Crippen LogP contribution in [0.2, 0.25) is 5.02 Å². The summed E-state index contributed by atoms with van der Waals surface area (Å²) in [6.45, 7) is 4.35. The third-order valence-corrected chi connectivity index (χ3v) is 6.63. The van der Waals surface area contributed by atoms with Crippen LogP contribution in [0.15, 0.2) is 30.3 Å². The van der Waals surface area contributed by atoms with E-state index in [1.54, 1.807) is 38.1 Å². The molecule has 5 N–H and O–H groups in total. The third kappa shape index (κ3) is 7.38. The van der Waals surface area contributed by atoms with Gasteiger partial charge in [-0.3, -0.25) is 19.3 Å². The van der Waals surface area contributed by atoms with Gasteiger partial charge in [0, 0.05) is 25.3 Å². The highest BCUT2D eigenvalue weighted by Gasteiger charge is 2.37. The molecule has 36 heavy (non-hydrogen) atoms. The number of aryl methyl sites for hydroxylation is 1. The molecule has 2 aromatic rings. The third-order valence-electron chi connectivity index (χ3n) is 6.34. The van der Waals surface area contributed by atoms with Crippen LogP contribution in [0.4, 0.5) is 10.2 Å². The molecule has 194 valence electrons. The van der Waals surface area contributed by atoms with Crippen LogP contribution in [-0.2, 0) is 27.3 Å². The van der Waals surface area contributed by atoms with Crippen LogP contribution in [0, 0.1) is 18.7 Å². The molecule has 1 saturated heterocycles. The van der Waals surface area contributed by atoms with Crippen molar-refractivity contribution in [1.82, 2.24) is 20.5 Å². The number of nitrogens with two attached hydrogens (primary N) is 1. The van der Waals surface area contributed by atoms with E-state index in [4.69, 9.17) is 22.4 Å². The Morgan fingerprint density at radius 3 is 2.72 bits per heavy atom. The van der Waals surface area contributed by atoms with Crippen LogP contribution in [0.1, 0.15) is 36.6 Å². The Bertz CT molecular complexity index is 1130. The fourth-order valence-electron chi connectivity index (χ4n) is 4.41. The number of hydrogen-bond acceptors (Lipinski definition) is 6. The van der Waals surface area contributed by atoms with E-state index in [0.29, 0.717) is 30.9 Å². The first-order chi connectivity index (χ1) is 17.0. The number of rotatable bonds is 10. The Balaban J connectivity index is 1.60. The number of aliphatic carboxylic acids is 1. The molecule has 1 aromatic carbocycles. The minimum atomic E-state index is -0.955. The van der Waals surface area contributed by atoms with Gasteiger partial charge in [-0.2, -0.15) is 0 Å². The van der Waals surface area contributed by atoms with Crippen LogP contribution < -0.4 is 16.4 Å². The Morgan fingerprint density at radius 2 is 2.06 bits per heavy atom. The molecule has 0 spiro atoms. The van der Waals surface area contributed by atoms with Gasteiger partial charge in [0.05, 0.1) is 17.5 Å². The summed E-state index contributed by atoms with van der Waals surface area (Å²) >= 11 is 5.90. The molecule has 1 aliphatic rings. The highest BCUT2D eigenvalue weighted by atomic mass is 35.5. The van der Waals surface area contributed by atoms with E-state index in [1.165, 1.54) is 6.07 Å². The van der Waals surface area contributed by atoms with Crippen molar-refractivity contribution in [3.8, 4) is 0 Å². The lowest BCUT2D eigenvalue weighted by atomic mass is 9.96. The van der Waals surface area contributed by atoms with Crippen molar-refractivity contribution < 1.29 is 23.9 Å². The first-order valence-corrected chi connectivity index (χ1v) is 12.1. The minimum absolute atomic E-state index is 0.0345. The normalized spacial score (nSPS) is 18.6. The van der Waals surface area contributed by atoms with Crippen molar-refractivity contribution in [2.45, 2.75) is 51.7 Å². The van der Waals surface area contributed by atoms with Gasteiger partial charge in [0.2, 0.25) is 11.8 Å². The summed E-state index contributed by atoms with van der Waals surface area (Å²) < 4.78 is 13.5. The number of nitrogen functional groups attached to an aromatic ring is 1. The number of carbonyl (C=O) groups excluding carboxylic acids is 2. The number of aromatic nitrogens is 1. The number of halogens is 2. The lowest BCUT2D eigenvalue weighted by molar-refractivity contribution is -0.138. The van der Waals surface area contributed by atoms with Crippen LogP contribution >= 0.6 is 11.6 Å². The van der Waals surface area contributed by atoms with E-state index in [1.807, 2.05) is 4.90 Å². The Morgan fingerprint density at radius 1 is 1.31 bits per heavy atom. The van der Waals surface area contributed by atoms with Gasteiger partial charge in [-0.25, -0.2) is 9.37 Å². The number of hydrogen-bond donors (Lipinski definition) is 4. The molecule has 2 heterocycles. The molecule has 2 amide bonds. The van der Waals surface area contributed by atoms with Gasteiger partial charge in [-0.1, -0.05) is 23.7 Å². The van der Waals surface area contributed by atoms with E-state index in [-0.39, 0.29) is 42.3 Å². The number of anilines is 1. The Labute approximate surface area is 214 Å². The zero-order valence-electron chi connectivity index (χ0n) is 20.3. The largest absolute Gasteiger partial charge is 0.481 e. The number of likely N-dealkylation sites (tertiary alicyclic amines) is 1. The van der Waals surface area contributed by atoms with Crippen molar-refractivity contribution in [2.24, 2.45) is 5.92 Å². The predicted molar refractivity (Wildman–Crippen MR) is 134 cm³/mol. The average Bonchev–Trinajstić information content (AvgIpc) is 3.22. The molecular weight excluding hydrogens is 489 g/mol. The van der Waals surface area contributed by atoms with Gasteiger partial charge in [-0.05, 0) is 61.9 Å². The molecule has 1 aromatic heterocycles. The number of carboxylic acid groups (broad SMARTS) is 1. The quantitative estimate of drug-likeness (QED) is 0.378. The number of benzene rings is 1. The zero-order valence-corrected chi connectivity index (χ0v) is 21.0. The summed E-state index contributed by atoms with van der Waals surface area (Å²) in [5.41, 5.74) is 8.02. The highest BCUT2D eigenvalue weighted by molar-refractivity contribution is 6.30. The maximum Gasteiger partial charge on any atom is 0.304 e. The first kappa shape index (κ1) is 27.3. The van der Waals surface area contributed by atoms with Crippen molar-refractivity contribution in [2.75, 3.05) is 18.8 Å². The number of nitrogens with one attached hydrogen (secondary N) is 2. The smallest absolute Gasteiger partial charge is 0.304 e. The summed E-state index contributed by atoms with van der Waals surface area (Å²) in [7, 11) is 0. The molecule has 1 aliphatic heterocycles. The molecule has 0 unspecified atom stereocenters. The van der Waals surface area contributed by atoms with Crippen molar-refractivity contribution in [3.63, 3.8) is 0 Å². The van der Waals surface area contributed by atoms with Crippen LogP contribution in [-0.4, -0.2) is 57.9 Å². The number of pyridine rings is 1. The molecule has 0 saturated carbocycles. The molecule has 1 fully saturated rings. The number of carbonyl (C=O) groups is 3. The predicted octanol–water partition coefficient (Wildman–Crippen LogP) is 2.29. The summed E-state index contributed by atoms with van der Waals surface area (Å²) in [6.07, 6.45) is 0.938. The monoisotopic (exact) mass is 519 g/mol. The van der Waals surface area contributed by atoms with Gasteiger partial charge in [0.1, 0.15) is 17.7 Å². The summed E-state index contributed by atoms with van der Waals surface area (Å²) in [5, 5.41) is 14.7. The molecule has 0 aliphatic carbocycles. The molecule has 11 heteroatoms. The second-order valence-corrected chi connectivity index (χ2v) is 9.54. The first-order valence-electron chi connectivity index (χ1n) is 11.7. The van der Waals surface area contributed by atoms with Crippen molar-refractivity contribution in [1.29, 1.82) is 0 Å². The lowest BCUT2D eigenvalue weighted by Crippen LogP contribution is -2.51. The van der Waals surface area contributed by atoms with Gasteiger partial charge in [0.25, 0.3) is 0 Å². The second kappa shape index (κ2) is 12.1. The van der Waals surface area contributed by atoms with E-state index in [9.17, 15) is 18.8 Å². The summed E-state index contributed by atoms with van der Waals surface area (Å²) in [4.78, 5) is 42.8. The van der Waals surface area contributed by atoms with E-state index >= 15 is 0 Å². The number of carboxylic acids is 1. The highest BCUT2D eigenvalue weighted by Crippen LogP contribution is 2.28. The Kier molecular flexibility index (Phi) is 9.22. The van der Waals surface area contributed by atoms with Crippen LogP contribution in [0.5, 0.6) is 0 Å². The molecular formula is C25H31ClFN5O4. The SMILES string of the molecule is Cc1nc(N)ccc1CNC(=O)[C@H](C)NC(=O)[C@H]1C[C@H](Cc2ccc(F)c(Cl)c2)CN1CCC(=O)O. The van der Waals surface area contributed by atoms with Gasteiger partial charge in [-0.15, -0.1) is 0 Å². The second-order valence-electron chi connectivity index (χ2n) is 9.14. The number of nitrogens with zero attached hydrogens (tertiary/aromatic N) is 2. The number of amides is 2. The lowest BCUT2D eigenvalue weighted by Gasteiger charge is -2.24. The fourth-order valence-corrected chi connectivity index (χ4v) is 4.62. The summed E-state index contributed by atoms with van der Waals surface area (Å²) in [6, 6.07) is 6.59. The maximum absolute atomic E-state index is 13.5. The van der Waals surface area contributed by atoms with Gasteiger partial charge >= 0.3 is 5.97 Å². The Hall–Kier alpha value is -3.24. The van der Waals surface area contributed by atoms with Gasteiger partial charge < -0.3 is 21.5 Å². The van der Waals surface area contributed by atoms with Crippen LogP contribution in [0.3, 0.4) is 0 Å². The standard InChI is InChI=1S/C25H31ClFN5O4/c1-14-18(4-6-22(28)30-14)12-29-24(35)15(2)31-25(36)21-11-17(13-32(21)8-7-23(33)34)9-16-3-5-20(27)19(26)10-16/h3-6,10,15,17,21H,7-9,11-13H2,1-2H3,(H2,28,30)(H,29,35)(H,31,36)(H,33,34)/t15-,17-,21+/m0/s1. The fraction of sp³-hybridized carbons (Fsp3) is 0.440. The van der Waals surface area contributed by atoms with E-state index in [0.717, 1.165) is 11.1 Å². The molecule has 3 rings (SSSR count). The van der Waals surface area contributed by atoms with Crippen molar-refractivity contribution in [3.05, 3.63) is 58.0 Å². The van der Waals surface area contributed by atoms with Crippen molar-refractivity contribution >= 4 is 35.2 Å². The summed E-state index contributed by atoms with van der Waals surface area (Å²) in [5.74, 6) is -1.71. The molecule has 3 atom stereocenters. The average molecular weight is 520 g/mol.